The van der Waals surface area contributed by atoms with Crippen LogP contribution in [-0.4, -0.2) is 5.71 Å². The molecule has 2 rings (SSSR count). The molecule has 0 aromatic heterocycles. The smallest absolute Gasteiger partial charge is 0.0675 e. The Balaban J connectivity index is 2.54. The van der Waals surface area contributed by atoms with Crippen molar-refractivity contribution in [2.75, 3.05) is 0 Å². The van der Waals surface area contributed by atoms with Crippen LogP contribution in [0.5, 0.6) is 0 Å². The third kappa shape index (κ3) is 1.18. The number of hydrogen-bond acceptors (Lipinski definition) is 2. The van der Waals surface area contributed by atoms with Gasteiger partial charge in [0.15, 0.2) is 0 Å². The average molecular weight is 163 g/mol. The van der Waals surface area contributed by atoms with E-state index >= 15 is 0 Å². The minimum Gasteiger partial charge on any atom is -0.257 e. The van der Waals surface area contributed by atoms with Crippen LogP contribution in [0.3, 0.4) is 0 Å². The lowest BCUT2D eigenvalue weighted by molar-refractivity contribution is 1.34. The maximum absolute atomic E-state index is 4.38. The second-order valence-corrected chi connectivity index (χ2v) is 3.35. The number of hydrogen-bond donors (Lipinski definition) is 1. The van der Waals surface area contributed by atoms with Gasteiger partial charge in [0.05, 0.1) is 5.69 Å². The molecule has 0 saturated carbocycles. The molecule has 0 saturated heterocycles. The van der Waals surface area contributed by atoms with E-state index in [0.29, 0.717) is 0 Å². The minimum absolute atomic E-state index is 0.988. The third-order valence-electron chi connectivity index (χ3n) is 1.83. The highest BCUT2D eigenvalue weighted by atomic mass is 32.1. The van der Waals surface area contributed by atoms with Gasteiger partial charge in [-0.2, -0.15) is 0 Å². The lowest BCUT2D eigenvalue weighted by Gasteiger charge is -1.95. The summed E-state index contributed by atoms with van der Waals surface area (Å²) in [6, 6.07) is 6.11. The first-order valence-corrected chi connectivity index (χ1v) is 4.06. The first kappa shape index (κ1) is 6.92. The molecule has 0 unspecified atom stereocenters. The van der Waals surface area contributed by atoms with Crippen LogP contribution in [0.4, 0.5) is 5.69 Å². The van der Waals surface area contributed by atoms with E-state index in [1.165, 1.54) is 11.3 Å². The highest BCUT2D eigenvalue weighted by Gasteiger charge is 2.09. The number of rotatable bonds is 0. The van der Waals surface area contributed by atoms with Crippen LogP contribution in [0.15, 0.2) is 28.1 Å². The Hall–Kier alpha value is -0.760. The van der Waals surface area contributed by atoms with Crippen LogP contribution in [0, 0.1) is 0 Å². The first-order chi connectivity index (χ1) is 5.25. The summed E-state index contributed by atoms with van der Waals surface area (Å²) in [7, 11) is 0. The molecule has 56 valence electrons. The van der Waals surface area contributed by atoms with Gasteiger partial charge in [0.25, 0.3) is 0 Å². The van der Waals surface area contributed by atoms with Crippen molar-refractivity contribution in [3.05, 3.63) is 23.8 Å². The van der Waals surface area contributed by atoms with Gasteiger partial charge >= 0.3 is 0 Å². The number of thiol groups is 1. The zero-order valence-electron chi connectivity index (χ0n) is 6.33. The van der Waals surface area contributed by atoms with Gasteiger partial charge in [0.1, 0.15) is 0 Å². The Morgan fingerprint density at radius 1 is 1.45 bits per heavy atom. The molecule has 0 bridgehead atoms. The fourth-order valence-electron chi connectivity index (χ4n) is 1.33. The molecule has 0 fully saturated rings. The van der Waals surface area contributed by atoms with Crippen molar-refractivity contribution in [3.63, 3.8) is 0 Å². The monoisotopic (exact) mass is 163 g/mol. The molecule has 1 aliphatic rings. The molecule has 0 radical (unpaired) electrons. The van der Waals surface area contributed by atoms with Gasteiger partial charge in [-0.1, -0.05) is 6.07 Å². The summed E-state index contributed by atoms with van der Waals surface area (Å²) in [4.78, 5) is 5.37. The van der Waals surface area contributed by atoms with Crippen LogP contribution in [0.25, 0.3) is 0 Å². The molecule has 1 nitrogen and oxygen atoms in total. The Kier molecular flexibility index (Phi) is 1.50. The molecule has 0 aliphatic carbocycles. The van der Waals surface area contributed by atoms with Crippen molar-refractivity contribution < 1.29 is 0 Å². The van der Waals surface area contributed by atoms with Crippen molar-refractivity contribution >= 4 is 24.0 Å². The van der Waals surface area contributed by atoms with Gasteiger partial charge < -0.3 is 0 Å². The molecular formula is C9H9NS. The van der Waals surface area contributed by atoms with E-state index in [1.807, 2.05) is 12.1 Å². The minimum atomic E-state index is 0.988. The first-order valence-electron chi connectivity index (χ1n) is 3.62. The number of fused-ring (bicyclic) bond motifs is 1. The van der Waals surface area contributed by atoms with E-state index in [-0.39, 0.29) is 0 Å². The van der Waals surface area contributed by atoms with Gasteiger partial charge in [-0.25, -0.2) is 0 Å². The Morgan fingerprint density at radius 3 is 3.09 bits per heavy atom. The zero-order chi connectivity index (χ0) is 7.84. The van der Waals surface area contributed by atoms with E-state index in [0.717, 1.165) is 17.0 Å². The second-order valence-electron chi connectivity index (χ2n) is 2.84. The molecule has 1 heterocycles. The van der Waals surface area contributed by atoms with Crippen LogP contribution in [-0.2, 0) is 6.42 Å². The molecule has 0 N–H and O–H groups in total. The van der Waals surface area contributed by atoms with Gasteiger partial charge in [-0.05, 0) is 24.6 Å². The number of benzene rings is 1. The average Bonchev–Trinajstić information content (AvgIpc) is 2.27. The summed E-state index contributed by atoms with van der Waals surface area (Å²) in [5.41, 5.74) is 3.61. The summed E-state index contributed by atoms with van der Waals surface area (Å²) < 4.78 is 0. The highest BCUT2D eigenvalue weighted by molar-refractivity contribution is 7.80. The van der Waals surface area contributed by atoms with Crippen molar-refractivity contribution in [1.29, 1.82) is 0 Å². The Labute approximate surface area is 71.6 Å². The van der Waals surface area contributed by atoms with Gasteiger partial charge in [-0.3, -0.25) is 4.99 Å². The van der Waals surface area contributed by atoms with E-state index in [2.05, 4.69) is 30.6 Å². The molecule has 0 spiro atoms. The molecule has 0 atom stereocenters. The second kappa shape index (κ2) is 2.38. The quantitative estimate of drug-likeness (QED) is 0.564. The van der Waals surface area contributed by atoms with E-state index in [4.69, 9.17) is 0 Å². The number of aliphatic imine (C=N–C) groups is 1. The normalized spacial score (nSPS) is 14.5. The summed E-state index contributed by atoms with van der Waals surface area (Å²) >= 11 is 4.24. The maximum atomic E-state index is 4.38. The molecule has 1 aliphatic heterocycles. The molecule has 0 amide bonds. The van der Waals surface area contributed by atoms with E-state index in [9.17, 15) is 0 Å². The zero-order valence-corrected chi connectivity index (χ0v) is 7.23. The fraction of sp³-hybridized carbons (Fsp3) is 0.222. The van der Waals surface area contributed by atoms with Crippen LogP contribution in [0.1, 0.15) is 12.5 Å². The van der Waals surface area contributed by atoms with E-state index < -0.39 is 0 Å². The Morgan fingerprint density at radius 2 is 2.27 bits per heavy atom. The largest absolute Gasteiger partial charge is 0.257 e. The SMILES string of the molecule is CC1=Nc2cc(S)ccc2C1. The van der Waals surface area contributed by atoms with Crippen molar-refractivity contribution in [2.24, 2.45) is 4.99 Å². The van der Waals surface area contributed by atoms with Crippen molar-refractivity contribution in [1.82, 2.24) is 0 Å². The maximum Gasteiger partial charge on any atom is 0.0675 e. The predicted octanol–water partition coefficient (Wildman–Crippen LogP) is 2.62. The van der Waals surface area contributed by atoms with Gasteiger partial charge in [-0.15, -0.1) is 12.6 Å². The molecule has 1 aromatic carbocycles. The lowest BCUT2D eigenvalue weighted by atomic mass is 10.1. The third-order valence-corrected chi connectivity index (χ3v) is 2.10. The van der Waals surface area contributed by atoms with Gasteiger partial charge in [0.2, 0.25) is 0 Å². The summed E-state index contributed by atoms with van der Waals surface area (Å²) in [6.45, 7) is 2.05. The van der Waals surface area contributed by atoms with Gasteiger partial charge in [0, 0.05) is 17.0 Å². The standard InChI is InChI=1S/C9H9NS/c1-6-4-7-2-3-8(11)5-9(7)10-6/h2-3,5,11H,4H2,1H3. The molecular weight excluding hydrogens is 154 g/mol. The topological polar surface area (TPSA) is 12.4 Å². The summed E-state index contributed by atoms with van der Waals surface area (Å²) in [5, 5.41) is 0. The Bertz CT molecular complexity index is 328. The van der Waals surface area contributed by atoms with Crippen LogP contribution < -0.4 is 0 Å². The highest BCUT2D eigenvalue weighted by Crippen LogP contribution is 2.28. The summed E-state index contributed by atoms with van der Waals surface area (Å²) in [6.07, 6.45) is 1.00. The van der Waals surface area contributed by atoms with Crippen LogP contribution in [0.2, 0.25) is 0 Å². The van der Waals surface area contributed by atoms with Crippen molar-refractivity contribution in [2.45, 2.75) is 18.2 Å². The lowest BCUT2D eigenvalue weighted by Crippen LogP contribution is -1.87. The molecule has 2 heteroatoms. The fourth-order valence-corrected chi connectivity index (χ4v) is 1.52. The molecule has 1 aromatic rings. The number of nitrogens with zero attached hydrogens (tertiary/aromatic N) is 1. The van der Waals surface area contributed by atoms with Crippen LogP contribution >= 0.6 is 12.6 Å². The predicted molar refractivity (Wildman–Crippen MR) is 50.2 cm³/mol. The summed E-state index contributed by atoms with van der Waals surface area (Å²) in [5.74, 6) is 0. The van der Waals surface area contributed by atoms with Crippen molar-refractivity contribution in [3.8, 4) is 0 Å². The van der Waals surface area contributed by atoms with E-state index in [1.54, 1.807) is 0 Å². The molecule has 11 heavy (non-hydrogen) atoms.